The van der Waals surface area contributed by atoms with Crippen LogP contribution in [0, 0.1) is 12.8 Å². The zero-order valence-electron chi connectivity index (χ0n) is 8.16. The lowest BCUT2D eigenvalue weighted by Crippen LogP contribution is -2.03. The average Bonchev–Trinajstić information content (AvgIpc) is 2.81. The summed E-state index contributed by atoms with van der Waals surface area (Å²) in [6.07, 6.45) is 5.49. The van der Waals surface area contributed by atoms with Crippen molar-refractivity contribution in [3.05, 3.63) is 11.8 Å². The molecule has 1 heterocycles. The quantitative estimate of drug-likeness (QED) is 0.768. The predicted molar refractivity (Wildman–Crippen MR) is 53.3 cm³/mol. The highest BCUT2D eigenvalue weighted by molar-refractivity contribution is 5.28. The minimum Gasteiger partial charge on any atom is -0.382 e. The lowest BCUT2D eigenvalue weighted by molar-refractivity contribution is 0.528. The largest absolute Gasteiger partial charge is 0.382 e. The van der Waals surface area contributed by atoms with E-state index in [0.717, 1.165) is 12.5 Å². The Morgan fingerprint density at radius 3 is 2.92 bits per heavy atom. The van der Waals surface area contributed by atoms with Crippen molar-refractivity contribution in [3.63, 3.8) is 0 Å². The Kier molecular flexibility index (Phi) is 2.25. The summed E-state index contributed by atoms with van der Waals surface area (Å²) in [4.78, 5) is 0. The summed E-state index contributed by atoms with van der Waals surface area (Å²) in [5.41, 5.74) is 6.77. The Morgan fingerprint density at radius 2 is 2.38 bits per heavy atom. The number of anilines is 1. The number of hydrogen-bond donors (Lipinski definition) is 1. The third-order valence-corrected chi connectivity index (χ3v) is 2.68. The van der Waals surface area contributed by atoms with E-state index in [0.29, 0.717) is 5.82 Å². The van der Waals surface area contributed by atoms with Crippen LogP contribution in [0.5, 0.6) is 0 Å². The Balaban J connectivity index is 1.81. The van der Waals surface area contributed by atoms with Crippen LogP contribution in [-0.4, -0.2) is 9.78 Å². The van der Waals surface area contributed by atoms with Gasteiger partial charge in [0, 0.05) is 18.3 Å². The molecule has 1 aromatic rings. The van der Waals surface area contributed by atoms with Crippen LogP contribution >= 0.6 is 0 Å². The van der Waals surface area contributed by atoms with Gasteiger partial charge < -0.3 is 5.73 Å². The molecule has 0 spiro atoms. The molecule has 3 nitrogen and oxygen atoms in total. The molecule has 0 aliphatic heterocycles. The van der Waals surface area contributed by atoms with Crippen LogP contribution in [0.25, 0.3) is 0 Å². The van der Waals surface area contributed by atoms with Crippen molar-refractivity contribution in [2.45, 2.75) is 39.2 Å². The van der Waals surface area contributed by atoms with Crippen LogP contribution in [0.1, 0.15) is 31.4 Å². The van der Waals surface area contributed by atoms with E-state index >= 15 is 0 Å². The van der Waals surface area contributed by atoms with Crippen molar-refractivity contribution in [2.75, 3.05) is 5.73 Å². The fraction of sp³-hybridized carbons (Fsp3) is 0.700. The molecule has 72 valence electrons. The van der Waals surface area contributed by atoms with Crippen molar-refractivity contribution < 1.29 is 0 Å². The molecule has 0 aromatic carbocycles. The van der Waals surface area contributed by atoms with E-state index in [1.165, 1.54) is 31.4 Å². The van der Waals surface area contributed by atoms with Crippen LogP contribution in [0.4, 0.5) is 5.82 Å². The topological polar surface area (TPSA) is 43.8 Å². The molecule has 1 saturated carbocycles. The fourth-order valence-corrected chi connectivity index (χ4v) is 1.70. The van der Waals surface area contributed by atoms with Crippen molar-refractivity contribution in [1.82, 2.24) is 9.78 Å². The average molecular weight is 179 g/mol. The third-order valence-electron chi connectivity index (χ3n) is 2.68. The zero-order valence-corrected chi connectivity index (χ0v) is 8.16. The van der Waals surface area contributed by atoms with Gasteiger partial charge in [-0.15, -0.1) is 0 Å². The number of aryl methyl sites for hydroxylation is 2. The molecule has 2 N–H and O–H groups in total. The number of nitrogen functional groups attached to an aromatic ring is 1. The first kappa shape index (κ1) is 8.60. The van der Waals surface area contributed by atoms with E-state index in [4.69, 9.17) is 5.73 Å². The van der Waals surface area contributed by atoms with E-state index in [1.54, 1.807) is 0 Å². The van der Waals surface area contributed by atoms with Gasteiger partial charge in [0.2, 0.25) is 0 Å². The third kappa shape index (κ3) is 2.23. The summed E-state index contributed by atoms with van der Waals surface area (Å²) >= 11 is 0. The molecule has 3 heteroatoms. The summed E-state index contributed by atoms with van der Waals surface area (Å²) in [5.74, 6) is 1.66. The maximum absolute atomic E-state index is 5.59. The number of nitrogens with zero attached hydrogens (tertiary/aromatic N) is 2. The van der Waals surface area contributed by atoms with Crippen LogP contribution in [0.3, 0.4) is 0 Å². The Morgan fingerprint density at radius 1 is 1.62 bits per heavy atom. The zero-order chi connectivity index (χ0) is 9.26. The van der Waals surface area contributed by atoms with Crippen LogP contribution in [-0.2, 0) is 6.54 Å². The van der Waals surface area contributed by atoms with Crippen LogP contribution in [0.2, 0.25) is 0 Å². The van der Waals surface area contributed by atoms with E-state index in [1.807, 2.05) is 10.7 Å². The summed E-state index contributed by atoms with van der Waals surface area (Å²) < 4.78 is 2.01. The second-order valence-electron chi connectivity index (χ2n) is 4.02. The SMILES string of the molecule is Cc1cc(N)nn1CCCC1CC1. The fourth-order valence-electron chi connectivity index (χ4n) is 1.70. The van der Waals surface area contributed by atoms with Crippen molar-refractivity contribution in [3.8, 4) is 0 Å². The minimum atomic E-state index is 0.643. The predicted octanol–water partition coefficient (Wildman–Crippen LogP) is 1.96. The number of hydrogen-bond acceptors (Lipinski definition) is 2. The molecule has 1 aliphatic rings. The van der Waals surface area contributed by atoms with Crippen LogP contribution in [0.15, 0.2) is 6.07 Å². The number of nitrogens with two attached hydrogens (primary N) is 1. The highest BCUT2D eigenvalue weighted by atomic mass is 15.3. The molecular formula is C10H17N3. The van der Waals surface area contributed by atoms with Gasteiger partial charge in [0.05, 0.1) is 0 Å². The molecule has 1 fully saturated rings. The molecule has 0 radical (unpaired) electrons. The second-order valence-corrected chi connectivity index (χ2v) is 4.02. The minimum absolute atomic E-state index is 0.643. The van der Waals surface area contributed by atoms with Gasteiger partial charge in [-0.3, -0.25) is 4.68 Å². The van der Waals surface area contributed by atoms with Gasteiger partial charge >= 0.3 is 0 Å². The van der Waals surface area contributed by atoms with Crippen LogP contribution < -0.4 is 5.73 Å². The highest BCUT2D eigenvalue weighted by Crippen LogP contribution is 2.33. The molecule has 2 rings (SSSR count). The smallest absolute Gasteiger partial charge is 0.145 e. The van der Waals surface area contributed by atoms with E-state index in [2.05, 4.69) is 12.0 Å². The maximum atomic E-state index is 5.59. The lowest BCUT2D eigenvalue weighted by Gasteiger charge is -2.02. The molecule has 0 bridgehead atoms. The molecule has 13 heavy (non-hydrogen) atoms. The van der Waals surface area contributed by atoms with E-state index in [-0.39, 0.29) is 0 Å². The summed E-state index contributed by atoms with van der Waals surface area (Å²) in [5, 5.41) is 4.22. The summed E-state index contributed by atoms with van der Waals surface area (Å²) in [6.45, 7) is 3.08. The molecule has 0 unspecified atom stereocenters. The number of aromatic nitrogens is 2. The van der Waals surface area contributed by atoms with Gasteiger partial charge in [0.25, 0.3) is 0 Å². The monoisotopic (exact) mass is 179 g/mol. The highest BCUT2D eigenvalue weighted by Gasteiger charge is 2.20. The first-order valence-corrected chi connectivity index (χ1v) is 5.05. The van der Waals surface area contributed by atoms with Gasteiger partial charge in [-0.1, -0.05) is 12.8 Å². The molecule has 0 amide bonds. The van der Waals surface area contributed by atoms with Gasteiger partial charge in [-0.2, -0.15) is 5.10 Å². The molecule has 1 aromatic heterocycles. The summed E-state index contributed by atoms with van der Waals surface area (Å²) in [6, 6.07) is 1.93. The molecule has 0 saturated heterocycles. The van der Waals surface area contributed by atoms with E-state index < -0.39 is 0 Å². The number of rotatable bonds is 4. The maximum Gasteiger partial charge on any atom is 0.145 e. The van der Waals surface area contributed by atoms with Gasteiger partial charge in [-0.25, -0.2) is 0 Å². The van der Waals surface area contributed by atoms with Crippen molar-refractivity contribution in [1.29, 1.82) is 0 Å². The second kappa shape index (κ2) is 3.40. The van der Waals surface area contributed by atoms with E-state index in [9.17, 15) is 0 Å². The Labute approximate surface area is 78.9 Å². The first-order valence-electron chi connectivity index (χ1n) is 5.05. The first-order chi connectivity index (χ1) is 6.25. The van der Waals surface area contributed by atoms with Crippen molar-refractivity contribution >= 4 is 5.82 Å². The lowest BCUT2D eigenvalue weighted by atomic mass is 10.2. The normalized spacial score (nSPS) is 16.4. The van der Waals surface area contributed by atoms with Gasteiger partial charge in [0.15, 0.2) is 0 Å². The van der Waals surface area contributed by atoms with Gasteiger partial charge in [-0.05, 0) is 25.7 Å². The van der Waals surface area contributed by atoms with Gasteiger partial charge in [0.1, 0.15) is 5.82 Å². The molecule has 1 aliphatic carbocycles. The molecular weight excluding hydrogens is 162 g/mol. The Hall–Kier alpha value is -0.990. The Bertz CT molecular complexity index is 286. The molecule has 0 atom stereocenters. The summed E-state index contributed by atoms with van der Waals surface area (Å²) in [7, 11) is 0. The standard InChI is InChI=1S/C10H17N3/c1-8-7-10(11)12-13(8)6-2-3-9-4-5-9/h7,9H,2-6H2,1H3,(H2,11,12). The van der Waals surface area contributed by atoms with Crippen molar-refractivity contribution in [2.24, 2.45) is 5.92 Å².